The zero-order valence-corrected chi connectivity index (χ0v) is 26.5. The molecule has 9 heteroatoms. The molecular weight excluding hydrogens is 592 g/mol. The van der Waals surface area contributed by atoms with Gasteiger partial charge in [-0.2, -0.15) is 0 Å². The van der Waals surface area contributed by atoms with Crippen LogP contribution in [0.5, 0.6) is 0 Å². The highest BCUT2D eigenvalue weighted by molar-refractivity contribution is 7.98. The summed E-state index contributed by atoms with van der Waals surface area (Å²) < 4.78 is 5.14. The Labute approximate surface area is 268 Å². The van der Waals surface area contributed by atoms with Crippen molar-refractivity contribution in [3.05, 3.63) is 118 Å². The molecule has 44 heavy (non-hydrogen) atoms. The SMILES string of the molecule is CCOC(=O)C1CCN(C(=O)c2ccc(CSc3nc(Cl)cc(N(CCc4ccccc4)Cc4ccccc4)n3)cc2)CC1. The van der Waals surface area contributed by atoms with Crippen molar-refractivity contribution in [1.82, 2.24) is 14.9 Å². The van der Waals surface area contributed by atoms with Gasteiger partial charge in [-0.25, -0.2) is 9.97 Å². The summed E-state index contributed by atoms with van der Waals surface area (Å²) >= 11 is 8.03. The minimum atomic E-state index is -0.159. The van der Waals surface area contributed by atoms with Gasteiger partial charge in [0.15, 0.2) is 5.16 Å². The van der Waals surface area contributed by atoms with Crippen molar-refractivity contribution in [2.24, 2.45) is 5.92 Å². The molecule has 0 N–H and O–H groups in total. The zero-order chi connectivity index (χ0) is 30.7. The Bertz CT molecular complexity index is 1510. The molecule has 1 aliphatic heterocycles. The molecule has 0 unspecified atom stereocenters. The van der Waals surface area contributed by atoms with Crippen LogP contribution in [0.4, 0.5) is 5.82 Å². The highest BCUT2D eigenvalue weighted by Gasteiger charge is 2.28. The number of esters is 1. The van der Waals surface area contributed by atoms with Crippen molar-refractivity contribution < 1.29 is 14.3 Å². The second kappa shape index (κ2) is 15.7. The molecule has 0 atom stereocenters. The van der Waals surface area contributed by atoms with Crippen molar-refractivity contribution >= 4 is 41.1 Å². The van der Waals surface area contributed by atoms with Crippen molar-refractivity contribution in [1.29, 1.82) is 0 Å². The van der Waals surface area contributed by atoms with Crippen LogP contribution in [0.25, 0.3) is 0 Å². The van der Waals surface area contributed by atoms with Crippen LogP contribution in [0.15, 0.2) is 96.2 Å². The Kier molecular flexibility index (Phi) is 11.3. The summed E-state index contributed by atoms with van der Waals surface area (Å²) in [4.78, 5) is 38.5. The molecule has 0 bridgehead atoms. The lowest BCUT2D eigenvalue weighted by Gasteiger charge is -2.31. The molecule has 1 fully saturated rings. The van der Waals surface area contributed by atoms with Crippen LogP contribution in [-0.2, 0) is 28.2 Å². The number of nitrogens with zero attached hydrogens (tertiary/aromatic N) is 4. The fourth-order valence-corrected chi connectivity index (χ4v) is 6.29. The summed E-state index contributed by atoms with van der Waals surface area (Å²) in [6, 6.07) is 30.3. The highest BCUT2D eigenvalue weighted by atomic mass is 35.5. The van der Waals surface area contributed by atoms with Crippen LogP contribution >= 0.6 is 23.4 Å². The molecule has 4 aromatic rings. The minimum Gasteiger partial charge on any atom is -0.466 e. The van der Waals surface area contributed by atoms with Gasteiger partial charge in [0.05, 0.1) is 12.5 Å². The smallest absolute Gasteiger partial charge is 0.309 e. The quantitative estimate of drug-likeness (QED) is 0.0718. The Morgan fingerprint density at radius 2 is 1.57 bits per heavy atom. The fraction of sp³-hybridized carbons (Fsp3) is 0.314. The number of amides is 1. The van der Waals surface area contributed by atoms with Crippen LogP contribution in [-0.4, -0.2) is 53.0 Å². The summed E-state index contributed by atoms with van der Waals surface area (Å²) in [5, 5.41) is 1.01. The summed E-state index contributed by atoms with van der Waals surface area (Å²) in [6.45, 7) is 4.80. The Morgan fingerprint density at radius 1 is 0.909 bits per heavy atom. The van der Waals surface area contributed by atoms with E-state index in [9.17, 15) is 9.59 Å². The maximum Gasteiger partial charge on any atom is 0.309 e. The van der Waals surface area contributed by atoms with Crippen LogP contribution in [0.3, 0.4) is 0 Å². The number of aromatic nitrogens is 2. The van der Waals surface area contributed by atoms with Crippen LogP contribution in [0.2, 0.25) is 5.15 Å². The van der Waals surface area contributed by atoms with Gasteiger partial charge in [0, 0.05) is 43.6 Å². The van der Waals surface area contributed by atoms with Crippen molar-refractivity contribution in [2.45, 2.75) is 43.6 Å². The van der Waals surface area contributed by atoms with Gasteiger partial charge in [0.2, 0.25) is 0 Å². The average molecular weight is 629 g/mol. The average Bonchev–Trinajstić information content (AvgIpc) is 3.06. The molecule has 1 amide bonds. The number of piperidine rings is 1. The fourth-order valence-electron chi connectivity index (χ4n) is 5.25. The molecule has 0 radical (unpaired) electrons. The number of rotatable bonds is 12. The van der Waals surface area contributed by atoms with Gasteiger partial charge in [-0.1, -0.05) is 96.2 Å². The van der Waals surface area contributed by atoms with E-state index in [4.69, 9.17) is 21.3 Å². The first-order chi connectivity index (χ1) is 21.5. The molecule has 5 rings (SSSR count). The molecule has 2 heterocycles. The van der Waals surface area contributed by atoms with E-state index in [2.05, 4.69) is 46.3 Å². The van der Waals surface area contributed by atoms with Crippen LogP contribution in [0, 0.1) is 5.92 Å². The molecule has 0 saturated carbocycles. The highest BCUT2D eigenvalue weighted by Crippen LogP contribution is 2.27. The molecular formula is C35H37ClN4O3S. The number of carbonyl (C=O) groups is 2. The maximum atomic E-state index is 13.1. The Hall–Kier alpha value is -3.88. The van der Waals surface area contributed by atoms with Gasteiger partial charge in [-0.05, 0) is 55.0 Å². The third-order valence-corrected chi connectivity index (χ3v) is 8.80. The summed E-state index contributed by atoms with van der Waals surface area (Å²) in [5.74, 6) is 1.14. The number of thioether (sulfide) groups is 1. The van der Waals surface area contributed by atoms with Crippen LogP contribution in [0.1, 0.15) is 46.8 Å². The predicted octanol–water partition coefficient (Wildman–Crippen LogP) is 7.09. The lowest BCUT2D eigenvalue weighted by Crippen LogP contribution is -2.40. The van der Waals surface area contributed by atoms with Crippen molar-refractivity contribution in [3.8, 4) is 0 Å². The molecule has 7 nitrogen and oxygen atoms in total. The third kappa shape index (κ3) is 8.83. The molecule has 1 aromatic heterocycles. The number of likely N-dealkylation sites (tertiary alicyclic amines) is 1. The number of carbonyl (C=O) groups excluding carboxylic acids is 2. The zero-order valence-electron chi connectivity index (χ0n) is 24.9. The first-order valence-corrected chi connectivity index (χ1v) is 16.4. The van der Waals surface area contributed by atoms with Crippen molar-refractivity contribution in [3.63, 3.8) is 0 Å². The lowest BCUT2D eigenvalue weighted by atomic mass is 9.96. The minimum absolute atomic E-state index is 0.0108. The number of ether oxygens (including phenoxy) is 1. The summed E-state index contributed by atoms with van der Waals surface area (Å²) in [6.07, 6.45) is 2.15. The standard InChI is InChI=1S/C35H37ClN4O3S/c1-2-43-34(42)30-18-21-39(22-19-30)33(41)29-15-13-28(14-16-29)25-44-35-37-31(36)23-32(38-35)40(24-27-11-7-4-8-12-27)20-17-26-9-5-3-6-10-26/h3-16,23,30H,2,17-22,24-25H2,1H3. The molecule has 3 aromatic carbocycles. The molecule has 0 aliphatic carbocycles. The second-order valence-corrected chi connectivity index (χ2v) is 12.1. The van der Waals surface area contributed by atoms with E-state index in [1.807, 2.05) is 66.4 Å². The van der Waals surface area contributed by atoms with Gasteiger partial charge in [-0.3, -0.25) is 9.59 Å². The largest absolute Gasteiger partial charge is 0.466 e. The number of hydrogen-bond acceptors (Lipinski definition) is 7. The van der Waals surface area contributed by atoms with Gasteiger partial charge >= 0.3 is 5.97 Å². The van der Waals surface area contributed by atoms with Gasteiger partial charge < -0.3 is 14.5 Å². The third-order valence-electron chi connectivity index (χ3n) is 7.69. The molecule has 1 aliphatic rings. The van der Waals surface area contributed by atoms with E-state index in [-0.39, 0.29) is 17.8 Å². The number of benzene rings is 3. The topological polar surface area (TPSA) is 75.6 Å². The second-order valence-electron chi connectivity index (χ2n) is 10.8. The van der Waals surface area contributed by atoms with E-state index in [0.29, 0.717) is 60.7 Å². The Balaban J connectivity index is 1.21. The molecule has 0 spiro atoms. The predicted molar refractivity (Wildman–Crippen MR) is 176 cm³/mol. The van der Waals surface area contributed by atoms with E-state index in [1.165, 1.54) is 22.9 Å². The Morgan fingerprint density at radius 3 is 2.23 bits per heavy atom. The molecule has 1 saturated heterocycles. The monoisotopic (exact) mass is 628 g/mol. The normalized spacial score (nSPS) is 13.5. The van der Waals surface area contributed by atoms with E-state index in [1.54, 1.807) is 0 Å². The summed E-state index contributed by atoms with van der Waals surface area (Å²) in [7, 11) is 0. The number of anilines is 1. The lowest BCUT2D eigenvalue weighted by molar-refractivity contribution is -0.149. The van der Waals surface area contributed by atoms with Gasteiger partial charge in [-0.15, -0.1) is 0 Å². The first-order valence-electron chi connectivity index (χ1n) is 15.0. The van der Waals surface area contributed by atoms with Gasteiger partial charge in [0.1, 0.15) is 11.0 Å². The van der Waals surface area contributed by atoms with Crippen LogP contribution < -0.4 is 4.90 Å². The number of hydrogen-bond donors (Lipinski definition) is 0. The summed E-state index contributed by atoms with van der Waals surface area (Å²) in [5.41, 5.74) is 4.17. The van der Waals surface area contributed by atoms with E-state index >= 15 is 0 Å². The first kappa shape index (κ1) is 31.5. The van der Waals surface area contributed by atoms with Crippen molar-refractivity contribution in [2.75, 3.05) is 31.1 Å². The van der Waals surface area contributed by atoms with E-state index < -0.39 is 0 Å². The van der Waals surface area contributed by atoms with E-state index in [0.717, 1.165) is 24.3 Å². The maximum absolute atomic E-state index is 13.1. The molecule has 228 valence electrons. The van der Waals surface area contributed by atoms with Gasteiger partial charge in [0.25, 0.3) is 5.91 Å². The number of halogens is 1.